The number of benzene rings is 2. The van der Waals surface area contributed by atoms with E-state index in [-0.39, 0.29) is 12.0 Å². The minimum absolute atomic E-state index is 0.113. The van der Waals surface area contributed by atoms with Crippen LogP contribution in [0.25, 0.3) is 0 Å². The van der Waals surface area contributed by atoms with Gasteiger partial charge in [0, 0.05) is 17.1 Å². The van der Waals surface area contributed by atoms with E-state index in [2.05, 4.69) is 10.2 Å². The van der Waals surface area contributed by atoms with E-state index in [4.69, 9.17) is 16.3 Å². The summed E-state index contributed by atoms with van der Waals surface area (Å²) in [6.45, 7) is 2.92. The lowest BCUT2D eigenvalue weighted by atomic mass is 9.86. The maximum absolute atomic E-state index is 13.1. The maximum atomic E-state index is 13.1. The molecule has 0 saturated carbocycles. The number of amides is 1. The number of fused-ring (bicyclic) bond motifs is 3. The van der Waals surface area contributed by atoms with Crippen molar-refractivity contribution in [1.29, 1.82) is 0 Å². The summed E-state index contributed by atoms with van der Waals surface area (Å²) in [4.78, 5) is 28.0. The van der Waals surface area contributed by atoms with E-state index < -0.39 is 12.0 Å². The van der Waals surface area contributed by atoms with Crippen LogP contribution in [0.5, 0.6) is 0 Å². The van der Waals surface area contributed by atoms with Gasteiger partial charge in [0.1, 0.15) is 6.10 Å². The third kappa shape index (κ3) is 4.21. The molecule has 2 bridgehead atoms. The molecule has 0 aliphatic carbocycles. The van der Waals surface area contributed by atoms with Crippen molar-refractivity contribution in [2.24, 2.45) is 5.92 Å². The highest BCUT2D eigenvalue weighted by molar-refractivity contribution is 6.30. The predicted octanol–water partition coefficient (Wildman–Crippen LogP) is 3.45. The van der Waals surface area contributed by atoms with E-state index in [1.807, 2.05) is 6.07 Å². The molecular weight excluding hydrogens is 376 g/mol. The van der Waals surface area contributed by atoms with Crippen LogP contribution in [0.2, 0.25) is 5.02 Å². The van der Waals surface area contributed by atoms with Crippen molar-refractivity contribution in [3.05, 3.63) is 70.7 Å². The third-order valence-electron chi connectivity index (χ3n) is 5.61. The zero-order valence-corrected chi connectivity index (χ0v) is 16.3. The summed E-state index contributed by atoms with van der Waals surface area (Å²) in [5.41, 5.74) is 1.15. The fraction of sp³-hybridized carbons (Fsp3) is 0.364. The van der Waals surface area contributed by atoms with Crippen LogP contribution in [-0.4, -0.2) is 42.5 Å². The van der Waals surface area contributed by atoms with Gasteiger partial charge in [-0.3, -0.25) is 9.69 Å². The molecule has 2 atom stereocenters. The van der Waals surface area contributed by atoms with Crippen molar-refractivity contribution in [2.75, 3.05) is 19.6 Å². The first-order chi connectivity index (χ1) is 13.6. The van der Waals surface area contributed by atoms with Crippen molar-refractivity contribution in [1.82, 2.24) is 10.2 Å². The maximum Gasteiger partial charge on any atom is 0.333 e. The molecule has 1 amide bonds. The number of hydrogen-bond donors (Lipinski definition) is 1. The molecule has 1 N–H and O–H groups in total. The minimum atomic E-state index is -0.875. The number of carbonyl (C=O) groups is 2. The van der Waals surface area contributed by atoms with Crippen molar-refractivity contribution in [3.8, 4) is 0 Å². The van der Waals surface area contributed by atoms with Crippen LogP contribution in [0.1, 0.15) is 34.8 Å². The van der Waals surface area contributed by atoms with Gasteiger partial charge in [-0.25, -0.2) is 4.79 Å². The normalized spacial score (nSPS) is 24.4. The van der Waals surface area contributed by atoms with Crippen LogP contribution >= 0.6 is 11.6 Å². The van der Waals surface area contributed by atoms with E-state index in [1.54, 1.807) is 48.5 Å². The van der Waals surface area contributed by atoms with Gasteiger partial charge in [0.25, 0.3) is 5.91 Å². The number of carbonyl (C=O) groups excluding carboxylic acids is 2. The summed E-state index contributed by atoms with van der Waals surface area (Å²) < 4.78 is 5.88. The summed E-state index contributed by atoms with van der Waals surface area (Å²) in [6.07, 6.45) is 2.00. The summed E-state index contributed by atoms with van der Waals surface area (Å²) in [5, 5.41) is 3.40. The molecule has 3 aliphatic heterocycles. The van der Waals surface area contributed by atoms with Crippen LogP contribution in [0.4, 0.5) is 0 Å². The Bertz CT molecular complexity index is 833. The van der Waals surface area contributed by atoms with E-state index in [1.165, 1.54) is 0 Å². The molecule has 6 heteroatoms. The molecule has 5 rings (SSSR count). The van der Waals surface area contributed by atoms with E-state index in [0.29, 0.717) is 22.1 Å². The largest absolute Gasteiger partial charge is 0.459 e. The Labute approximate surface area is 169 Å². The standard InChI is InChI=1S/C22H23ClN2O3/c23-18-8-6-16(7-9-18)20(24-21(26)17-4-2-1-3-5-17)22(27)28-19-14-25-12-10-15(19)11-13-25/h1-9,15,19-20H,10-14H2,(H,24,26). The van der Waals surface area contributed by atoms with Crippen LogP contribution in [0.15, 0.2) is 54.6 Å². The molecule has 0 radical (unpaired) electrons. The first-order valence-corrected chi connectivity index (χ1v) is 10.0. The van der Waals surface area contributed by atoms with Crippen LogP contribution in [0, 0.1) is 5.92 Å². The van der Waals surface area contributed by atoms with Crippen molar-refractivity contribution >= 4 is 23.5 Å². The van der Waals surface area contributed by atoms with Gasteiger partial charge in [-0.1, -0.05) is 41.9 Å². The second-order valence-corrected chi connectivity index (χ2v) is 7.87. The molecule has 0 aromatic heterocycles. The van der Waals surface area contributed by atoms with Gasteiger partial charge in [-0.2, -0.15) is 0 Å². The van der Waals surface area contributed by atoms with Gasteiger partial charge in [0.15, 0.2) is 6.04 Å². The van der Waals surface area contributed by atoms with Gasteiger partial charge >= 0.3 is 5.97 Å². The lowest BCUT2D eigenvalue weighted by Gasteiger charge is -2.44. The monoisotopic (exact) mass is 398 g/mol. The quantitative estimate of drug-likeness (QED) is 0.784. The molecule has 3 saturated heterocycles. The molecule has 28 heavy (non-hydrogen) atoms. The second-order valence-electron chi connectivity index (χ2n) is 7.44. The van der Waals surface area contributed by atoms with Gasteiger partial charge in [-0.05, 0) is 61.7 Å². The molecule has 0 spiro atoms. The molecule has 2 aromatic carbocycles. The van der Waals surface area contributed by atoms with Crippen molar-refractivity contribution in [2.45, 2.75) is 25.0 Å². The topological polar surface area (TPSA) is 58.6 Å². The molecule has 146 valence electrons. The molecule has 3 aliphatic rings. The van der Waals surface area contributed by atoms with E-state index >= 15 is 0 Å². The van der Waals surface area contributed by atoms with Gasteiger partial charge in [-0.15, -0.1) is 0 Å². The Morgan fingerprint density at radius 3 is 2.32 bits per heavy atom. The molecule has 5 nitrogen and oxygen atoms in total. The zero-order valence-electron chi connectivity index (χ0n) is 15.5. The van der Waals surface area contributed by atoms with Crippen LogP contribution < -0.4 is 5.32 Å². The van der Waals surface area contributed by atoms with Gasteiger partial charge < -0.3 is 10.1 Å². The van der Waals surface area contributed by atoms with Crippen molar-refractivity contribution in [3.63, 3.8) is 0 Å². The summed E-state index contributed by atoms with van der Waals surface area (Å²) in [5.74, 6) is -0.332. The number of halogens is 1. The Morgan fingerprint density at radius 2 is 1.71 bits per heavy atom. The van der Waals surface area contributed by atoms with Crippen LogP contribution in [0.3, 0.4) is 0 Å². The van der Waals surface area contributed by atoms with E-state index in [0.717, 1.165) is 32.5 Å². The molecule has 3 heterocycles. The fourth-order valence-electron chi connectivity index (χ4n) is 4.00. The summed E-state index contributed by atoms with van der Waals surface area (Å²) in [6, 6.07) is 14.9. The lowest BCUT2D eigenvalue weighted by Crippen LogP contribution is -2.52. The Balaban J connectivity index is 1.53. The molecule has 2 unspecified atom stereocenters. The Kier molecular flexibility index (Phi) is 5.64. The second kappa shape index (κ2) is 8.33. The lowest BCUT2D eigenvalue weighted by molar-refractivity contribution is -0.161. The van der Waals surface area contributed by atoms with E-state index in [9.17, 15) is 9.59 Å². The average Bonchev–Trinajstić information content (AvgIpc) is 2.74. The SMILES string of the molecule is O=C(NC(C(=O)OC1CN2CCC1CC2)c1ccc(Cl)cc1)c1ccccc1. The van der Waals surface area contributed by atoms with Crippen molar-refractivity contribution < 1.29 is 14.3 Å². The number of esters is 1. The molecule has 3 fully saturated rings. The number of nitrogens with one attached hydrogen (secondary N) is 1. The molecular formula is C22H23ClN2O3. The predicted molar refractivity (Wildman–Crippen MR) is 107 cm³/mol. The van der Waals surface area contributed by atoms with Gasteiger partial charge in [0.2, 0.25) is 0 Å². The first-order valence-electron chi connectivity index (χ1n) is 9.64. The zero-order chi connectivity index (χ0) is 19.5. The highest BCUT2D eigenvalue weighted by Gasteiger charge is 2.38. The highest BCUT2D eigenvalue weighted by Crippen LogP contribution is 2.31. The number of hydrogen-bond acceptors (Lipinski definition) is 4. The van der Waals surface area contributed by atoms with Crippen LogP contribution in [-0.2, 0) is 9.53 Å². The fourth-order valence-corrected chi connectivity index (χ4v) is 4.13. The number of nitrogens with zero attached hydrogens (tertiary/aromatic N) is 1. The Morgan fingerprint density at radius 1 is 1.04 bits per heavy atom. The molecule has 2 aromatic rings. The minimum Gasteiger partial charge on any atom is -0.459 e. The summed E-state index contributed by atoms with van der Waals surface area (Å²) in [7, 11) is 0. The first kappa shape index (κ1) is 19.0. The summed E-state index contributed by atoms with van der Waals surface area (Å²) >= 11 is 5.99. The average molecular weight is 399 g/mol. The number of piperidine rings is 3. The Hall–Kier alpha value is -2.37. The number of ether oxygens (including phenoxy) is 1. The van der Waals surface area contributed by atoms with Gasteiger partial charge in [0.05, 0.1) is 0 Å². The smallest absolute Gasteiger partial charge is 0.333 e. The third-order valence-corrected chi connectivity index (χ3v) is 5.87. The highest BCUT2D eigenvalue weighted by atomic mass is 35.5. The number of rotatable bonds is 5.